The van der Waals surface area contributed by atoms with E-state index >= 15 is 0 Å². The zero-order valence-electron chi connectivity index (χ0n) is 15.0. The summed E-state index contributed by atoms with van der Waals surface area (Å²) in [6.45, 7) is 6.80. The highest BCUT2D eigenvalue weighted by molar-refractivity contribution is 5.80. The number of likely N-dealkylation sites (tertiary alicyclic amines) is 1. The minimum Gasteiger partial charge on any atom is -0.489 e. The van der Waals surface area contributed by atoms with Crippen LogP contribution in [0, 0.1) is 5.82 Å². The lowest BCUT2D eigenvalue weighted by molar-refractivity contribution is 0.221. The number of benzene rings is 1. The Kier molecular flexibility index (Phi) is 5.91. The minimum absolute atomic E-state index is 0.0385. The highest BCUT2D eigenvalue weighted by Crippen LogP contribution is 2.18. The van der Waals surface area contributed by atoms with E-state index in [4.69, 9.17) is 4.74 Å². The fourth-order valence-corrected chi connectivity index (χ4v) is 3.38. The highest BCUT2D eigenvalue weighted by atomic mass is 19.1. The predicted molar refractivity (Wildman–Crippen MR) is 98.5 cm³/mol. The SMILES string of the molecule is CN=C(NCC(C)Oc1ccc(F)cc1)N1CCC(N2CC=CC2)C1. The summed E-state index contributed by atoms with van der Waals surface area (Å²) >= 11 is 0. The van der Waals surface area contributed by atoms with E-state index < -0.39 is 0 Å². The molecule has 0 aliphatic carbocycles. The third-order valence-corrected chi connectivity index (χ3v) is 4.74. The maximum absolute atomic E-state index is 12.9. The van der Waals surface area contributed by atoms with E-state index in [1.807, 2.05) is 14.0 Å². The Morgan fingerprint density at radius 3 is 2.72 bits per heavy atom. The first-order chi connectivity index (χ1) is 12.2. The molecule has 2 heterocycles. The fourth-order valence-electron chi connectivity index (χ4n) is 3.38. The minimum atomic E-state index is -0.254. The van der Waals surface area contributed by atoms with Gasteiger partial charge in [0.15, 0.2) is 5.96 Å². The first-order valence-corrected chi connectivity index (χ1v) is 8.92. The van der Waals surface area contributed by atoms with Crippen LogP contribution in [0.3, 0.4) is 0 Å². The standard InChI is InChI=1S/C19H27FN4O/c1-15(25-18-7-5-16(20)6-8-18)13-22-19(21-2)24-12-9-17(14-24)23-10-3-4-11-23/h3-8,15,17H,9-14H2,1-2H3,(H,21,22). The lowest BCUT2D eigenvalue weighted by Gasteiger charge is -2.26. The Labute approximate surface area is 149 Å². The van der Waals surface area contributed by atoms with E-state index in [2.05, 4.69) is 32.3 Å². The van der Waals surface area contributed by atoms with Crippen LogP contribution in [0.2, 0.25) is 0 Å². The topological polar surface area (TPSA) is 40.1 Å². The lowest BCUT2D eigenvalue weighted by Crippen LogP contribution is -2.45. The molecular formula is C19H27FN4O. The van der Waals surface area contributed by atoms with E-state index in [1.165, 1.54) is 18.6 Å². The summed E-state index contributed by atoms with van der Waals surface area (Å²) in [5, 5.41) is 3.40. The Morgan fingerprint density at radius 1 is 1.32 bits per heavy atom. The van der Waals surface area contributed by atoms with Crippen molar-refractivity contribution in [2.45, 2.75) is 25.5 Å². The van der Waals surface area contributed by atoms with Crippen molar-refractivity contribution in [2.75, 3.05) is 39.8 Å². The zero-order chi connectivity index (χ0) is 17.6. The van der Waals surface area contributed by atoms with Crippen LogP contribution in [-0.2, 0) is 0 Å². The molecule has 5 nitrogen and oxygen atoms in total. The van der Waals surface area contributed by atoms with Gasteiger partial charge in [-0.05, 0) is 37.6 Å². The summed E-state index contributed by atoms with van der Waals surface area (Å²) in [6, 6.07) is 6.71. The van der Waals surface area contributed by atoms with Crippen LogP contribution in [0.15, 0.2) is 41.4 Å². The molecule has 25 heavy (non-hydrogen) atoms. The number of guanidine groups is 1. The summed E-state index contributed by atoms with van der Waals surface area (Å²) in [5.74, 6) is 1.34. The fraction of sp³-hybridized carbons (Fsp3) is 0.526. The van der Waals surface area contributed by atoms with Gasteiger partial charge in [-0.3, -0.25) is 9.89 Å². The molecular weight excluding hydrogens is 319 g/mol. The molecule has 6 heteroatoms. The molecule has 0 aromatic heterocycles. The van der Waals surface area contributed by atoms with E-state index in [0.717, 1.165) is 32.1 Å². The molecule has 0 saturated carbocycles. The molecule has 1 aromatic rings. The lowest BCUT2D eigenvalue weighted by atomic mass is 10.2. The average Bonchev–Trinajstić information content (AvgIpc) is 3.29. The molecule has 0 spiro atoms. The summed E-state index contributed by atoms with van der Waals surface area (Å²) in [4.78, 5) is 9.23. The van der Waals surface area contributed by atoms with Gasteiger partial charge >= 0.3 is 0 Å². The monoisotopic (exact) mass is 346 g/mol. The van der Waals surface area contributed by atoms with Gasteiger partial charge in [0.25, 0.3) is 0 Å². The van der Waals surface area contributed by atoms with Crippen molar-refractivity contribution in [2.24, 2.45) is 4.99 Å². The molecule has 3 rings (SSSR count). The summed E-state index contributed by atoms with van der Waals surface area (Å²) < 4.78 is 18.8. The Bertz CT molecular complexity index is 608. The molecule has 2 aliphatic rings. The Balaban J connectivity index is 1.45. The Hall–Kier alpha value is -2.08. The zero-order valence-corrected chi connectivity index (χ0v) is 15.0. The maximum atomic E-state index is 12.9. The molecule has 1 fully saturated rings. The van der Waals surface area contributed by atoms with Gasteiger partial charge in [-0.2, -0.15) is 0 Å². The van der Waals surface area contributed by atoms with Gasteiger partial charge in [-0.25, -0.2) is 4.39 Å². The van der Waals surface area contributed by atoms with Crippen molar-refractivity contribution in [3.8, 4) is 5.75 Å². The van der Waals surface area contributed by atoms with Gasteiger partial charge in [-0.1, -0.05) is 12.2 Å². The quantitative estimate of drug-likeness (QED) is 0.504. The van der Waals surface area contributed by atoms with Crippen LogP contribution in [-0.4, -0.2) is 67.7 Å². The van der Waals surface area contributed by atoms with Gasteiger partial charge in [0.1, 0.15) is 17.7 Å². The summed E-state index contributed by atoms with van der Waals surface area (Å²) in [7, 11) is 1.82. The second kappa shape index (κ2) is 8.34. The van der Waals surface area contributed by atoms with Crippen LogP contribution < -0.4 is 10.1 Å². The molecule has 136 valence electrons. The summed E-state index contributed by atoms with van der Waals surface area (Å²) in [6.07, 6.45) is 5.61. The third-order valence-electron chi connectivity index (χ3n) is 4.74. The maximum Gasteiger partial charge on any atom is 0.193 e. The number of hydrogen-bond donors (Lipinski definition) is 1. The second-order valence-corrected chi connectivity index (χ2v) is 6.62. The van der Waals surface area contributed by atoms with Gasteiger partial charge in [-0.15, -0.1) is 0 Å². The molecule has 0 bridgehead atoms. The molecule has 0 amide bonds. The van der Waals surface area contributed by atoms with E-state index in [1.54, 1.807) is 12.1 Å². The van der Waals surface area contributed by atoms with Crippen LogP contribution in [0.5, 0.6) is 5.75 Å². The molecule has 1 saturated heterocycles. The number of hydrogen-bond acceptors (Lipinski definition) is 3. The third kappa shape index (κ3) is 4.72. The first kappa shape index (κ1) is 17.7. The van der Waals surface area contributed by atoms with E-state index in [9.17, 15) is 4.39 Å². The van der Waals surface area contributed by atoms with Crippen LogP contribution >= 0.6 is 0 Å². The molecule has 1 N–H and O–H groups in total. The van der Waals surface area contributed by atoms with Crippen molar-refractivity contribution in [1.82, 2.24) is 15.1 Å². The number of halogens is 1. The Morgan fingerprint density at radius 2 is 2.04 bits per heavy atom. The van der Waals surface area contributed by atoms with E-state index in [0.29, 0.717) is 18.3 Å². The van der Waals surface area contributed by atoms with Crippen LogP contribution in [0.1, 0.15) is 13.3 Å². The van der Waals surface area contributed by atoms with Gasteiger partial charge in [0, 0.05) is 39.3 Å². The average molecular weight is 346 g/mol. The van der Waals surface area contributed by atoms with Gasteiger partial charge in [0.05, 0.1) is 6.54 Å². The van der Waals surface area contributed by atoms with Crippen molar-refractivity contribution in [3.05, 3.63) is 42.2 Å². The normalized spacial score (nSPS) is 22.4. The highest BCUT2D eigenvalue weighted by Gasteiger charge is 2.29. The number of rotatable bonds is 5. The molecule has 2 aliphatic heterocycles. The second-order valence-electron chi connectivity index (χ2n) is 6.62. The van der Waals surface area contributed by atoms with Crippen molar-refractivity contribution >= 4 is 5.96 Å². The van der Waals surface area contributed by atoms with E-state index in [-0.39, 0.29) is 11.9 Å². The number of ether oxygens (including phenoxy) is 1. The molecule has 2 unspecified atom stereocenters. The van der Waals surface area contributed by atoms with Crippen molar-refractivity contribution < 1.29 is 9.13 Å². The first-order valence-electron chi connectivity index (χ1n) is 8.92. The molecule has 2 atom stereocenters. The van der Waals surface area contributed by atoms with Crippen LogP contribution in [0.4, 0.5) is 4.39 Å². The number of nitrogens with one attached hydrogen (secondary N) is 1. The van der Waals surface area contributed by atoms with Gasteiger partial charge in [0.2, 0.25) is 0 Å². The molecule has 1 aromatic carbocycles. The van der Waals surface area contributed by atoms with Gasteiger partial charge < -0.3 is 15.0 Å². The largest absolute Gasteiger partial charge is 0.489 e. The van der Waals surface area contributed by atoms with Crippen molar-refractivity contribution in [1.29, 1.82) is 0 Å². The number of nitrogens with zero attached hydrogens (tertiary/aromatic N) is 3. The number of aliphatic imine (C=N–C) groups is 1. The van der Waals surface area contributed by atoms with Crippen LogP contribution in [0.25, 0.3) is 0 Å². The molecule has 0 radical (unpaired) electrons. The predicted octanol–water partition coefficient (Wildman–Crippen LogP) is 2.11. The smallest absolute Gasteiger partial charge is 0.193 e. The summed E-state index contributed by atoms with van der Waals surface area (Å²) in [5.41, 5.74) is 0. The van der Waals surface area contributed by atoms with Crippen molar-refractivity contribution in [3.63, 3.8) is 0 Å².